The molecule has 0 saturated heterocycles. The predicted molar refractivity (Wildman–Crippen MR) is 56.9 cm³/mol. The van der Waals surface area contributed by atoms with Crippen molar-refractivity contribution in [3.8, 4) is 0 Å². The number of hydrogen-bond donors (Lipinski definition) is 0. The maximum absolute atomic E-state index is 11.3. The Morgan fingerprint density at radius 3 is 2.17 bits per heavy atom. The van der Waals surface area contributed by atoms with E-state index in [0.717, 1.165) is 25.7 Å². The second-order valence-corrected chi connectivity index (χ2v) is 4.15. The van der Waals surface area contributed by atoms with Gasteiger partial charge in [0, 0.05) is 11.3 Å². The van der Waals surface area contributed by atoms with Crippen LogP contribution in [0.3, 0.4) is 0 Å². The molecule has 0 N–H and O–H groups in total. The average Bonchev–Trinajstić information content (AvgIpc) is 2.07. The molecule has 0 fully saturated rings. The summed E-state index contributed by atoms with van der Waals surface area (Å²) in [7, 11) is 0. The number of carbonyl (C=O) groups excluding carboxylic acids is 1. The van der Waals surface area contributed by atoms with Crippen LogP contribution in [0, 0.1) is 5.41 Å². The van der Waals surface area contributed by atoms with Gasteiger partial charge in [0.1, 0.15) is 0 Å². The third-order valence-corrected chi connectivity index (χ3v) is 3.67. The molecule has 0 aromatic rings. The van der Waals surface area contributed by atoms with Gasteiger partial charge < -0.3 is 0 Å². The number of halogens is 2. The summed E-state index contributed by atoms with van der Waals surface area (Å²) in [5.74, 6) is 0.641. The molecule has 12 heavy (non-hydrogen) atoms. The van der Waals surface area contributed by atoms with Crippen molar-refractivity contribution in [1.82, 2.24) is 0 Å². The molecular formula is C9H16BrClO. The Kier molecular flexibility index (Phi) is 6.20. The lowest BCUT2D eigenvalue weighted by molar-refractivity contribution is -0.119. The van der Waals surface area contributed by atoms with E-state index in [2.05, 4.69) is 29.8 Å². The molecule has 3 heteroatoms. The molecule has 72 valence electrons. The fraction of sp³-hybridized carbons (Fsp3) is 0.889. The van der Waals surface area contributed by atoms with Crippen molar-refractivity contribution in [2.45, 2.75) is 39.5 Å². The highest BCUT2D eigenvalue weighted by molar-refractivity contribution is 9.18. The molecule has 1 nitrogen and oxygen atoms in total. The Labute approximate surface area is 88.0 Å². The van der Waals surface area contributed by atoms with Crippen molar-refractivity contribution >= 4 is 32.2 Å². The fourth-order valence-corrected chi connectivity index (χ4v) is 2.28. The molecule has 0 atom stereocenters. The zero-order valence-electron chi connectivity index (χ0n) is 7.70. The molecule has 0 aliphatic rings. The highest BCUT2D eigenvalue weighted by Crippen LogP contribution is 2.35. The second kappa shape index (κ2) is 5.98. The third kappa shape index (κ3) is 3.06. The summed E-state index contributed by atoms with van der Waals surface area (Å²) < 4.78 is 0.130. The average molecular weight is 256 g/mol. The normalized spacial score (nSPS) is 11.7. The first-order chi connectivity index (χ1) is 5.63. The summed E-state index contributed by atoms with van der Waals surface area (Å²) >= 11 is 8.67. The third-order valence-electron chi connectivity index (χ3n) is 2.56. The van der Waals surface area contributed by atoms with Crippen LogP contribution in [-0.4, -0.2) is 10.6 Å². The lowest BCUT2D eigenvalue weighted by Gasteiger charge is -2.27. The maximum Gasteiger partial charge on any atom is 0.203 e. The quantitative estimate of drug-likeness (QED) is 0.522. The minimum atomic E-state index is -0.172. The summed E-state index contributed by atoms with van der Waals surface area (Å²) in [5.41, 5.74) is -0.172. The van der Waals surface area contributed by atoms with E-state index < -0.39 is 0 Å². The van der Waals surface area contributed by atoms with Gasteiger partial charge in [-0.3, -0.25) is 4.79 Å². The van der Waals surface area contributed by atoms with Gasteiger partial charge >= 0.3 is 0 Å². The van der Waals surface area contributed by atoms with Gasteiger partial charge in [0.25, 0.3) is 0 Å². The summed E-state index contributed by atoms with van der Waals surface area (Å²) in [6, 6.07) is 0. The molecule has 0 saturated carbocycles. The lowest BCUT2D eigenvalue weighted by Crippen LogP contribution is -2.25. The second-order valence-electron chi connectivity index (χ2n) is 3.05. The number of rotatable bonds is 6. The molecule has 0 amide bonds. The predicted octanol–water partition coefficient (Wildman–Crippen LogP) is 3.73. The Bertz CT molecular complexity index is 143. The molecule has 0 rings (SSSR count). The van der Waals surface area contributed by atoms with E-state index >= 15 is 0 Å². The van der Waals surface area contributed by atoms with Crippen molar-refractivity contribution in [2.75, 3.05) is 5.88 Å². The smallest absolute Gasteiger partial charge is 0.203 e. The number of alkyl halides is 1. The van der Waals surface area contributed by atoms with Gasteiger partial charge in [-0.15, -0.1) is 11.6 Å². The van der Waals surface area contributed by atoms with E-state index in [4.69, 9.17) is 11.6 Å². The van der Waals surface area contributed by atoms with Gasteiger partial charge in [-0.2, -0.15) is 0 Å². The van der Waals surface area contributed by atoms with E-state index in [9.17, 15) is 4.79 Å². The van der Waals surface area contributed by atoms with Gasteiger partial charge in [0.15, 0.2) is 0 Å². The fourth-order valence-electron chi connectivity index (χ4n) is 1.39. The molecule has 0 aromatic heterocycles. The van der Waals surface area contributed by atoms with Crippen LogP contribution in [0.5, 0.6) is 0 Å². The monoisotopic (exact) mass is 254 g/mol. The van der Waals surface area contributed by atoms with E-state index in [-0.39, 0.29) is 10.1 Å². The van der Waals surface area contributed by atoms with Crippen molar-refractivity contribution in [2.24, 2.45) is 5.41 Å². The Balaban J connectivity index is 4.25. The molecule has 0 spiro atoms. The summed E-state index contributed by atoms with van der Waals surface area (Å²) in [6.07, 6.45) is 3.60. The first kappa shape index (κ1) is 12.4. The first-order valence-electron chi connectivity index (χ1n) is 4.39. The van der Waals surface area contributed by atoms with Crippen LogP contribution in [0.25, 0.3) is 0 Å². The molecule has 0 radical (unpaired) electrons. The Hall–Kier alpha value is 0.440. The Morgan fingerprint density at radius 2 is 1.92 bits per heavy atom. The van der Waals surface area contributed by atoms with E-state index in [1.807, 2.05) is 0 Å². The van der Waals surface area contributed by atoms with Gasteiger partial charge in [0.05, 0.1) is 0 Å². The molecule has 0 aromatic carbocycles. The van der Waals surface area contributed by atoms with Crippen LogP contribution in [0.1, 0.15) is 39.5 Å². The van der Waals surface area contributed by atoms with Crippen LogP contribution in [-0.2, 0) is 4.79 Å². The van der Waals surface area contributed by atoms with Crippen LogP contribution in [0.2, 0.25) is 0 Å². The standard InChI is InChI=1S/C9H16BrClO/c1-3-9(4-2,8(10)12)6-5-7-11/h3-7H2,1-2H3. The van der Waals surface area contributed by atoms with Gasteiger partial charge in [-0.1, -0.05) is 13.8 Å². The number of carbonyl (C=O) groups is 1. The molecule has 0 heterocycles. The van der Waals surface area contributed by atoms with Gasteiger partial charge in [-0.25, -0.2) is 0 Å². The highest BCUT2D eigenvalue weighted by Gasteiger charge is 2.31. The van der Waals surface area contributed by atoms with Crippen molar-refractivity contribution in [3.05, 3.63) is 0 Å². The largest absolute Gasteiger partial charge is 0.286 e. The van der Waals surface area contributed by atoms with Gasteiger partial charge in [-0.05, 0) is 41.6 Å². The number of hydrogen-bond acceptors (Lipinski definition) is 1. The van der Waals surface area contributed by atoms with Crippen molar-refractivity contribution in [1.29, 1.82) is 0 Å². The lowest BCUT2D eigenvalue weighted by atomic mass is 9.80. The van der Waals surface area contributed by atoms with E-state index in [1.165, 1.54) is 0 Å². The van der Waals surface area contributed by atoms with Crippen molar-refractivity contribution < 1.29 is 4.79 Å². The minimum Gasteiger partial charge on any atom is -0.286 e. The van der Waals surface area contributed by atoms with Crippen LogP contribution < -0.4 is 0 Å². The van der Waals surface area contributed by atoms with E-state index in [1.54, 1.807) is 0 Å². The molecule has 0 bridgehead atoms. The first-order valence-corrected chi connectivity index (χ1v) is 5.71. The zero-order valence-corrected chi connectivity index (χ0v) is 10.0. The van der Waals surface area contributed by atoms with E-state index in [0.29, 0.717) is 5.88 Å². The Morgan fingerprint density at radius 1 is 1.42 bits per heavy atom. The zero-order chi connectivity index (χ0) is 9.61. The summed E-state index contributed by atoms with van der Waals surface area (Å²) in [4.78, 5) is 11.3. The van der Waals surface area contributed by atoms with Crippen molar-refractivity contribution in [3.63, 3.8) is 0 Å². The molecule has 0 unspecified atom stereocenters. The summed E-state index contributed by atoms with van der Waals surface area (Å²) in [6.45, 7) is 4.10. The van der Waals surface area contributed by atoms with Gasteiger partial charge in [0.2, 0.25) is 4.69 Å². The van der Waals surface area contributed by atoms with Crippen LogP contribution in [0.4, 0.5) is 0 Å². The topological polar surface area (TPSA) is 17.1 Å². The van der Waals surface area contributed by atoms with Crippen LogP contribution >= 0.6 is 27.5 Å². The summed E-state index contributed by atoms with van der Waals surface area (Å²) in [5, 5.41) is 0. The van der Waals surface area contributed by atoms with Crippen LogP contribution in [0.15, 0.2) is 0 Å². The maximum atomic E-state index is 11.3. The molecular weight excluding hydrogens is 239 g/mol. The molecule has 0 aliphatic carbocycles. The molecule has 0 aliphatic heterocycles. The minimum absolute atomic E-state index is 0.130. The SMILES string of the molecule is CCC(CC)(CCCCl)C(=O)Br. The highest BCUT2D eigenvalue weighted by atomic mass is 79.9.